The van der Waals surface area contributed by atoms with Gasteiger partial charge in [-0.15, -0.1) is 0 Å². The van der Waals surface area contributed by atoms with Crippen LogP contribution in [0.25, 0.3) is 0 Å². The molecule has 0 saturated carbocycles. The predicted molar refractivity (Wildman–Crippen MR) is 70.8 cm³/mol. The van der Waals surface area contributed by atoms with Crippen molar-refractivity contribution in [2.24, 2.45) is 0 Å². The van der Waals surface area contributed by atoms with Crippen molar-refractivity contribution in [1.82, 2.24) is 0 Å². The number of hydrogen-bond acceptors (Lipinski definition) is 3. The molecule has 0 saturated heterocycles. The number of sulfone groups is 1. The Bertz CT molecular complexity index is 579. The van der Waals surface area contributed by atoms with Crippen LogP contribution >= 0.6 is 23.2 Å². The van der Waals surface area contributed by atoms with Crippen LogP contribution in [0.3, 0.4) is 0 Å². The topological polar surface area (TPSA) is 71.4 Å². The zero-order valence-electron chi connectivity index (χ0n) is 9.78. The quantitative estimate of drug-likeness (QED) is 0.928. The minimum Gasteiger partial charge on any atom is -0.480 e. The fourth-order valence-electron chi connectivity index (χ4n) is 1.18. The van der Waals surface area contributed by atoms with Crippen LogP contribution < -0.4 is 0 Å². The lowest BCUT2D eigenvalue weighted by Gasteiger charge is -2.20. The van der Waals surface area contributed by atoms with Gasteiger partial charge in [0.25, 0.3) is 0 Å². The molecule has 0 bridgehead atoms. The van der Waals surface area contributed by atoms with Crippen LogP contribution in [-0.4, -0.2) is 24.2 Å². The fraction of sp³-hybridized carbons (Fsp3) is 0.364. The van der Waals surface area contributed by atoms with Crippen molar-refractivity contribution in [3.05, 3.63) is 33.8 Å². The van der Waals surface area contributed by atoms with Crippen molar-refractivity contribution in [3.63, 3.8) is 0 Å². The Morgan fingerprint density at radius 2 is 1.89 bits per heavy atom. The molecule has 0 aliphatic carbocycles. The molecule has 0 heterocycles. The van der Waals surface area contributed by atoms with Crippen molar-refractivity contribution in [2.75, 3.05) is 0 Å². The standard InChI is InChI=1S/C11H12Cl2O4S/c1-11(2,10(14)15)18(16,17)6-7-4-3-5-8(12)9(7)13/h3-5H,6H2,1-2H3,(H,14,15). The zero-order valence-corrected chi connectivity index (χ0v) is 12.1. The maximum atomic E-state index is 12.0. The largest absolute Gasteiger partial charge is 0.480 e. The third-order valence-corrected chi connectivity index (χ3v) is 5.95. The van der Waals surface area contributed by atoms with Crippen molar-refractivity contribution < 1.29 is 18.3 Å². The third-order valence-electron chi connectivity index (χ3n) is 2.67. The molecule has 1 rings (SSSR count). The summed E-state index contributed by atoms with van der Waals surface area (Å²) in [5.74, 6) is -1.87. The highest BCUT2D eigenvalue weighted by molar-refractivity contribution is 7.92. The number of aliphatic carboxylic acids is 1. The van der Waals surface area contributed by atoms with E-state index < -0.39 is 26.3 Å². The highest BCUT2D eigenvalue weighted by Gasteiger charge is 2.41. The predicted octanol–water partition coefficient (Wildman–Crippen LogP) is 2.77. The van der Waals surface area contributed by atoms with E-state index in [0.717, 1.165) is 13.8 Å². The summed E-state index contributed by atoms with van der Waals surface area (Å²) >= 11 is 11.7. The SMILES string of the molecule is CC(C)(C(=O)O)S(=O)(=O)Cc1cccc(Cl)c1Cl. The van der Waals surface area contributed by atoms with E-state index in [0.29, 0.717) is 5.56 Å². The molecule has 0 atom stereocenters. The first-order valence-electron chi connectivity index (χ1n) is 4.98. The fourth-order valence-corrected chi connectivity index (χ4v) is 2.92. The number of halogens is 2. The number of carboxylic acid groups (broad SMARTS) is 1. The van der Waals surface area contributed by atoms with Gasteiger partial charge >= 0.3 is 5.97 Å². The van der Waals surface area contributed by atoms with Crippen LogP contribution in [0.5, 0.6) is 0 Å². The normalized spacial score (nSPS) is 12.4. The van der Waals surface area contributed by atoms with Gasteiger partial charge in [0.05, 0.1) is 15.8 Å². The van der Waals surface area contributed by atoms with Gasteiger partial charge in [0, 0.05) is 0 Å². The summed E-state index contributed by atoms with van der Waals surface area (Å²) < 4.78 is 22.2. The van der Waals surface area contributed by atoms with Gasteiger partial charge in [-0.25, -0.2) is 8.42 Å². The lowest BCUT2D eigenvalue weighted by molar-refractivity contribution is -0.139. The van der Waals surface area contributed by atoms with Crippen LogP contribution in [-0.2, 0) is 20.4 Å². The second kappa shape index (κ2) is 5.07. The molecule has 4 nitrogen and oxygen atoms in total. The molecule has 18 heavy (non-hydrogen) atoms. The molecule has 1 N–H and O–H groups in total. The first kappa shape index (κ1) is 15.3. The van der Waals surface area contributed by atoms with E-state index in [1.807, 2.05) is 0 Å². The maximum Gasteiger partial charge on any atom is 0.324 e. The van der Waals surface area contributed by atoms with Crippen LogP contribution in [0, 0.1) is 0 Å². The van der Waals surface area contributed by atoms with E-state index in [-0.39, 0.29) is 10.0 Å². The molecule has 0 radical (unpaired) electrons. The number of hydrogen-bond donors (Lipinski definition) is 1. The van der Waals surface area contributed by atoms with Crippen molar-refractivity contribution in [3.8, 4) is 0 Å². The summed E-state index contributed by atoms with van der Waals surface area (Å²) in [5, 5.41) is 9.30. The van der Waals surface area contributed by atoms with E-state index in [9.17, 15) is 13.2 Å². The molecule has 100 valence electrons. The van der Waals surface area contributed by atoms with Crippen LogP contribution in [0.4, 0.5) is 0 Å². The summed E-state index contributed by atoms with van der Waals surface area (Å²) in [4.78, 5) is 11.0. The molecular weight excluding hydrogens is 299 g/mol. The summed E-state index contributed by atoms with van der Waals surface area (Å²) in [6.45, 7) is 2.28. The molecule has 1 aromatic carbocycles. The number of rotatable bonds is 4. The zero-order chi connectivity index (χ0) is 14.1. The van der Waals surface area contributed by atoms with E-state index in [4.69, 9.17) is 28.3 Å². The molecule has 1 aromatic rings. The van der Waals surface area contributed by atoms with Crippen LogP contribution in [0.15, 0.2) is 18.2 Å². The Morgan fingerprint density at radius 1 is 1.33 bits per heavy atom. The first-order chi connectivity index (χ1) is 8.09. The summed E-state index contributed by atoms with van der Waals surface area (Å²) in [6.07, 6.45) is 0. The Morgan fingerprint density at radius 3 is 2.39 bits per heavy atom. The summed E-state index contributed by atoms with van der Waals surface area (Å²) in [5.41, 5.74) is 0.290. The van der Waals surface area contributed by atoms with Crippen molar-refractivity contribution >= 4 is 39.0 Å². The van der Waals surface area contributed by atoms with Gasteiger partial charge in [0.15, 0.2) is 14.6 Å². The lowest BCUT2D eigenvalue weighted by Crippen LogP contribution is -2.41. The molecule has 0 aliphatic rings. The highest BCUT2D eigenvalue weighted by atomic mass is 35.5. The van der Waals surface area contributed by atoms with Gasteiger partial charge in [-0.05, 0) is 25.5 Å². The van der Waals surface area contributed by atoms with E-state index in [1.54, 1.807) is 6.07 Å². The van der Waals surface area contributed by atoms with Crippen molar-refractivity contribution in [2.45, 2.75) is 24.3 Å². The average Bonchev–Trinajstić information content (AvgIpc) is 2.24. The molecule has 0 aliphatic heterocycles. The van der Waals surface area contributed by atoms with Gasteiger partial charge in [0.1, 0.15) is 0 Å². The van der Waals surface area contributed by atoms with E-state index in [1.165, 1.54) is 12.1 Å². The Kier molecular flexibility index (Phi) is 4.30. The maximum absolute atomic E-state index is 12.0. The van der Waals surface area contributed by atoms with Crippen molar-refractivity contribution in [1.29, 1.82) is 0 Å². The second-order valence-corrected chi connectivity index (χ2v) is 7.61. The summed E-state index contributed by atoms with van der Waals surface area (Å²) in [7, 11) is -3.89. The average molecular weight is 311 g/mol. The monoisotopic (exact) mass is 310 g/mol. The van der Waals surface area contributed by atoms with Gasteiger partial charge in [-0.3, -0.25) is 4.79 Å². The molecule has 0 amide bonds. The van der Waals surface area contributed by atoms with Gasteiger partial charge < -0.3 is 5.11 Å². The second-order valence-electron chi connectivity index (χ2n) is 4.29. The Labute approximate surface area is 115 Å². The minimum atomic E-state index is -3.89. The molecule has 0 fully saturated rings. The molecular formula is C11H12Cl2O4S. The third kappa shape index (κ3) is 2.79. The minimum absolute atomic E-state index is 0.129. The first-order valence-corrected chi connectivity index (χ1v) is 7.39. The van der Waals surface area contributed by atoms with E-state index in [2.05, 4.69) is 0 Å². The van der Waals surface area contributed by atoms with Gasteiger partial charge in [-0.1, -0.05) is 35.3 Å². The van der Waals surface area contributed by atoms with Crippen LogP contribution in [0.1, 0.15) is 19.4 Å². The Hall–Kier alpha value is -0.780. The van der Waals surface area contributed by atoms with Gasteiger partial charge in [-0.2, -0.15) is 0 Å². The Balaban J connectivity index is 3.19. The molecule has 0 unspecified atom stereocenters. The van der Waals surface area contributed by atoms with Gasteiger partial charge in [0.2, 0.25) is 0 Å². The molecule has 0 aromatic heterocycles. The number of carboxylic acids is 1. The number of carbonyl (C=O) groups is 1. The summed E-state index contributed by atoms with van der Waals surface area (Å²) in [6, 6.07) is 4.60. The molecule has 7 heteroatoms. The highest BCUT2D eigenvalue weighted by Crippen LogP contribution is 2.29. The van der Waals surface area contributed by atoms with E-state index >= 15 is 0 Å². The smallest absolute Gasteiger partial charge is 0.324 e. The van der Waals surface area contributed by atoms with Crippen LogP contribution in [0.2, 0.25) is 10.0 Å². The molecule has 0 spiro atoms. The number of benzene rings is 1. The lowest BCUT2D eigenvalue weighted by atomic mass is 10.2.